The molecule has 0 aliphatic carbocycles. The van der Waals surface area contributed by atoms with Crippen LogP contribution in [0, 0.1) is 0 Å². The largest absolute Gasteiger partial charge is 0.298 e. The number of aryl methyl sites for hydroxylation is 2. The molecule has 5 aromatic carbocycles. The van der Waals surface area contributed by atoms with E-state index in [4.69, 9.17) is 0 Å². The summed E-state index contributed by atoms with van der Waals surface area (Å²) in [5.41, 5.74) is 6.17. The van der Waals surface area contributed by atoms with Gasteiger partial charge in [0.1, 0.15) is 6.29 Å². The number of rotatable bonds is 9. The molecule has 0 saturated carbocycles. The molecule has 184 valence electrons. The Morgan fingerprint density at radius 1 is 0.667 bits per heavy atom. The van der Waals surface area contributed by atoms with Crippen LogP contribution in [0.4, 0.5) is 0 Å². The van der Waals surface area contributed by atoms with Crippen molar-refractivity contribution in [3.63, 3.8) is 0 Å². The summed E-state index contributed by atoms with van der Waals surface area (Å²) < 4.78 is 0. The van der Waals surface area contributed by atoms with Gasteiger partial charge in [-0.15, -0.1) is 0 Å². The molecule has 0 spiro atoms. The summed E-state index contributed by atoms with van der Waals surface area (Å²) >= 11 is 0. The second-order valence-corrected chi connectivity index (χ2v) is 16.5. The molecule has 0 atom stereocenters. The van der Waals surface area contributed by atoms with Crippen molar-refractivity contribution in [1.82, 2.24) is 0 Å². The van der Waals surface area contributed by atoms with Gasteiger partial charge in [0, 0.05) is 5.56 Å². The quantitative estimate of drug-likeness (QED) is 0.114. The van der Waals surface area contributed by atoms with Gasteiger partial charge in [0.25, 0.3) is 0 Å². The molecule has 0 heterocycles. The fourth-order valence-corrected chi connectivity index (χ4v) is 7.51. The Balaban J connectivity index is 1.92. The zero-order chi connectivity index (χ0) is 25.4. The summed E-state index contributed by atoms with van der Waals surface area (Å²) in [5, 5.41) is 10.1. The maximum Gasteiger partial charge on any atom is 0.150 e. The predicted octanol–water partition coefficient (Wildman–Crippen LogP) is 9.29. The first-order valence-corrected chi connectivity index (χ1v) is 17.2. The molecule has 1 nitrogen and oxygen atoms in total. The van der Waals surface area contributed by atoms with Crippen molar-refractivity contribution in [1.29, 1.82) is 0 Å². The number of aldehydes is 1. The zero-order valence-electron chi connectivity index (χ0n) is 22.5. The van der Waals surface area contributed by atoms with Crippen molar-refractivity contribution >= 4 is 51.9 Å². The van der Waals surface area contributed by atoms with Gasteiger partial charge in [-0.05, 0) is 86.3 Å². The van der Waals surface area contributed by atoms with Crippen LogP contribution in [0.2, 0.25) is 19.6 Å². The Bertz CT molecular complexity index is 1540. The van der Waals surface area contributed by atoms with Gasteiger partial charge in [-0.1, -0.05) is 106 Å². The van der Waals surface area contributed by atoms with Crippen LogP contribution in [0.3, 0.4) is 0 Å². The molecule has 5 aromatic rings. The summed E-state index contributed by atoms with van der Waals surface area (Å²) in [5.74, 6) is 0. The number of benzene rings is 5. The lowest BCUT2D eigenvalue weighted by Crippen LogP contribution is -2.38. The number of carbonyl (C=O) groups excluding carboxylic acids is 1. The smallest absolute Gasteiger partial charge is 0.150 e. The van der Waals surface area contributed by atoms with E-state index < -0.39 is 8.07 Å². The molecule has 5 rings (SSSR count). The molecule has 0 bridgehead atoms. The normalized spacial score (nSPS) is 12.2. The Kier molecular flexibility index (Phi) is 6.74. The van der Waals surface area contributed by atoms with Crippen LogP contribution in [-0.2, 0) is 12.8 Å². The van der Waals surface area contributed by atoms with Gasteiger partial charge in [-0.2, -0.15) is 0 Å². The Hall–Kier alpha value is -2.97. The molecule has 0 saturated heterocycles. The maximum absolute atomic E-state index is 11.3. The molecule has 0 aliphatic heterocycles. The highest BCUT2D eigenvalue weighted by Gasteiger charge is 2.24. The Morgan fingerprint density at radius 2 is 1.19 bits per heavy atom. The van der Waals surface area contributed by atoms with E-state index in [9.17, 15) is 4.79 Å². The third-order valence-electron chi connectivity index (χ3n) is 7.84. The van der Waals surface area contributed by atoms with Crippen molar-refractivity contribution in [3.8, 4) is 11.1 Å². The van der Waals surface area contributed by atoms with Crippen LogP contribution < -0.4 is 5.19 Å². The van der Waals surface area contributed by atoms with E-state index in [0.717, 1.165) is 24.7 Å². The molecule has 36 heavy (non-hydrogen) atoms. The molecular formula is C34H38OSi. The lowest BCUT2D eigenvalue weighted by atomic mass is 9.84. The first kappa shape index (κ1) is 24.7. The molecule has 0 amide bonds. The van der Waals surface area contributed by atoms with Crippen LogP contribution in [-0.4, -0.2) is 14.4 Å². The minimum absolute atomic E-state index is 0.725. The molecule has 0 aliphatic rings. The minimum Gasteiger partial charge on any atom is -0.298 e. The summed E-state index contributed by atoms with van der Waals surface area (Å²) in [4.78, 5) is 11.3. The average molecular weight is 491 g/mol. The molecule has 0 unspecified atom stereocenters. The first-order chi connectivity index (χ1) is 17.4. The fourth-order valence-electron chi connectivity index (χ4n) is 5.89. The van der Waals surface area contributed by atoms with E-state index in [2.05, 4.69) is 82.0 Å². The van der Waals surface area contributed by atoms with Crippen LogP contribution in [0.25, 0.3) is 43.4 Å². The third-order valence-corrected chi connectivity index (χ3v) is 9.86. The van der Waals surface area contributed by atoms with Crippen LogP contribution in [0.15, 0.2) is 60.7 Å². The Labute approximate surface area is 216 Å². The minimum atomic E-state index is -1.55. The van der Waals surface area contributed by atoms with E-state index in [1.54, 1.807) is 5.19 Å². The highest BCUT2D eigenvalue weighted by atomic mass is 28.3. The highest BCUT2D eigenvalue weighted by molar-refractivity contribution is 6.90. The van der Waals surface area contributed by atoms with E-state index in [1.165, 1.54) is 80.3 Å². The molecule has 0 fully saturated rings. The highest BCUT2D eigenvalue weighted by Crippen LogP contribution is 2.42. The van der Waals surface area contributed by atoms with Crippen molar-refractivity contribution in [2.45, 2.75) is 72.0 Å². The van der Waals surface area contributed by atoms with Crippen molar-refractivity contribution in [3.05, 3.63) is 77.4 Å². The van der Waals surface area contributed by atoms with Crippen LogP contribution >= 0.6 is 0 Å². The van der Waals surface area contributed by atoms with Gasteiger partial charge in [0.2, 0.25) is 0 Å². The summed E-state index contributed by atoms with van der Waals surface area (Å²) in [6, 6.07) is 22.7. The molecule has 0 radical (unpaired) electrons. The topological polar surface area (TPSA) is 17.1 Å². The fraction of sp³-hybridized carbons (Fsp3) is 0.324. The molecule has 2 heteroatoms. The standard InChI is InChI=1S/C34H38OSi/c1-6-8-10-25-20-31(24-14-12-23(22-35)13-15-24)29-18-16-28-26(11-9-7-2)21-32(36(3,4)5)30-19-17-27(25)33(29)34(28)30/h12-22H,6-11H2,1-5H3. The average Bonchev–Trinajstić information content (AvgIpc) is 2.89. The number of carbonyl (C=O) groups is 1. The first-order valence-electron chi connectivity index (χ1n) is 13.7. The van der Waals surface area contributed by atoms with Crippen LogP contribution in [0.5, 0.6) is 0 Å². The number of hydrogen-bond acceptors (Lipinski definition) is 1. The van der Waals surface area contributed by atoms with Crippen molar-refractivity contribution in [2.24, 2.45) is 0 Å². The van der Waals surface area contributed by atoms with Gasteiger partial charge in [-0.3, -0.25) is 4.79 Å². The van der Waals surface area contributed by atoms with Gasteiger partial charge < -0.3 is 0 Å². The summed E-state index contributed by atoms with van der Waals surface area (Å²) in [6.45, 7) is 12.0. The van der Waals surface area contributed by atoms with Gasteiger partial charge in [0.05, 0.1) is 8.07 Å². The SMILES string of the molecule is CCCCc1cc(-c2ccc(C=O)cc2)c2ccc3c(CCCC)cc([Si](C)(C)C)c4ccc1c2c34. The second kappa shape index (κ2) is 9.82. The third kappa shape index (κ3) is 4.26. The predicted molar refractivity (Wildman–Crippen MR) is 161 cm³/mol. The second-order valence-electron chi connectivity index (χ2n) is 11.4. The van der Waals surface area contributed by atoms with Crippen LogP contribution in [0.1, 0.15) is 61.0 Å². The number of hydrogen-bond donors (Lipinski definition) is 0. The lowest BCUT2D eigenvalue weighted by Gasteiger charge is -2.25. The van der Waals surface area contributed by atoms with Gasteiger partial charge in [0.15, 0.2) is 0 Å². The monoisotopic (exact) mass is 490 g/mol. The number of unbranched alkanes of at least 4 members (excludes halogenated alkanes) is 2. The van der Waals surface area contributed by atoms with E-state index in [1.807, 2.05) is 12.1 Å². The van der Waals surface area contributed by atoms with Crippen molar-refractivity contribution < 1.29 is 4.79 Å². The molecule has 0 aromatic heterocycles. The van der Waals surface area contributed by atoms with E-state index in [0.29, 0.717) is 0 Å². The van der Waals surface area contributed by atoms with E-state index >= 15 is 0 Å². The molecule has 0 N–H and O–H groups in total. The summed E-state index contributed by atoms with van der Waals surface area (Å²) in [7, 11) is -1.55. The van der Waals surface area contributed by atoms with Crippen molar-refractivity contribution in [2.75, 3.05) is 0 Å². The van der Waals surface area contributed by atoms with Gasteiger partial charge in [-0.25, -0.2) is 0 Å². The van der Waals surface area contributed by atoms with E-state index in [-0.39, 0.29) is 0 Å². The molecular weight excluding hydrogens is 452 g/mol. The van der Waals surface area contributed by atoms with Gasteiger partial charge >= 0.3 is 0 Å². The maximum atomic E-state index is 11.3. The zero-order valence-corrected chi connectivity index (χ0v) is 23.5. The summed E-state index contributed by atoms with van der Waals surface area (Å²) in [6.07, 6.45) is 7.98. The Morgan fingerprint density at radius 3 is 1.75 bits per heavy atom. The lowest BCUT2D eigenvalue weighted by molar-refractivity contribution is 0.112.